The van der Waals surface area contributed by atoms with Crippen LogP contribution >= 0.6 is 0 Å². The molecular formula is C50H36N2. The van der Waals surface area contributed by atoms with Gasteiger partial charge in [0.25, 0.3) is 0 Å². The van der Waals surface area contributed by atoms with Crippen LogP contribution in [0.25, 0.3) is 49.7 Å². The molecule has 0 amide bonds. The van der Waals surface area contributed by atoms with Crippen molar-refractivity contribution in [2.75, 3.05) is 4.90 Å². The van der Waals surface area contributed by atoms with Gasteiger partial charge < -0.3 is 9.47 Å². The molecule has 9 aromatic rings. The Balaban J connectivity index is 1.13. The van der Waals surface area contributed by atoms with Crippen LogP contribution in [0.4, 0.5) is 17.1 Å². The van der Waals surface area contributed by atoms with Crippen molar-refractivity contribution < 1.29 is 0 Å². The fraction of sp³-hybridized carbons (Fsp3) is 0.0400. The zero-order valence-corrected chi connectivity index (χ0v) is 28.9. The fourth-order valence-electron chi connectivity index (χ4n) is 8.54. The molecule has 0 unspecified atom stereocenters. The van der Waals surface area contributed by atoms with E-state index >= 15 is 0 Å². The molecule has 0 bridgehead atoms. The molecule has 0 saturated carbocycles. The number of hydrogen-bond donors (Lipinski definition) is 0. The predicted molar refractivity (Wildman–Crippen MR) is 218 cm³/mol. The molecule has 2 heteroatoms. The maximum Gasteiger partial charge on any atom is 0.0542 e. The van der Waals surface area contributed by atoms with Crippen LogP contribution in [0.3, 0.4) is 0 Å². The molecule has 2 nitrogen and oxygen atoms in total. The van der Waals surface area contributed by atoms with Gasteiger partial charge in [0.1, 0.15) is 0 Å². The van der Waals surface area contributed by atoms with E-state index in [9.17, 15) is 0 Å². The lowest BCUT2D eigenvalue weighted by atomic mass is 9.74. The lowest BCUT2D eigenvalue weighted by Gasteiger charge is -2.30. The van der Waals surface area contributed by atoms with Crippen LogP contribution < -0.4 is 4.90 Å². The van der Waals surface area contributed by atoms with Crippen molar-refractivity contribution in [3.05, 3.63) is 217 Å². The lowest BCUT2D eigenvalue weighted by molar-refractivity contribution is 0.714. The summed E-state index contributed by atoms with van der Waals surface area (Å²) in [7, 11) is 0. The van der Waals surface area contributed by atoms with Crippen LogP contribution in [-0.2, 0) is 5.41 Å². The highest BCUT2D eigenvalue weighted by molar-refractivity contribution is 6.10. The Bertz CT molecular complexity index is 2680. The SMILES string of the molecule is CC1(c2ccc(N(c3ccc(-c4ccccc4)cc3)c3ccc4c(c3)c3ccccc3n4-c3ccccc3)cc2)c2ccccc2-c2ccccc21. The maximum atomic E-state index is 2.39. The van der Waals surface area contributed by atoms with Crippen molar-refractivity contribution in [3.8, 4) is 27.9 Å². The minimum Gasteiger partial charge on any atom is -0.310 e. The summed E-state index contributed by atoms with van der Waals surface area (Å²) < 4.78 is 2.38. The third-order valence-corrected chi connectivity index (χ3v) is 11.1. The van der Waals surface area contributed by atoms with Gasteiger partial charge in [0.05, 0.1) is 11.0 Å². The molecule has 0 radical (unpaired) electrons. The maximum absolute atomic E-state index is 2.39. The van der Waals surface area contributed by atoms with Gasteiger partial charge in [-0.15, -0.1) is 0 Å². The Kier molecular flexibility index (Phi) is 6.97. The first kappa shape index (κ1) is 30.2. The summed E-state index contributed by atoms with van der Waals surface area (Å²) in [4.78, 5) is 2.39. The van der Waals surface area contributed by atoms with Gasteiger partial charge in [-0.3, -0.25) is 0 Å². The van der Waals surface area contributed by atoms with E-state index in [0.717, 1.165) is 22.7 Å². The average Bonchev–Trinajstić information content (AvgIpc) is 3.69. The molecule has 0 spiro atoms. The Morgan fingerprint density at radius 3 is 1.58 bits per heavy atom. The first-order valence-corrected chi connectivity index (χ1v) is 18.0. The van der Waals surface area contributed by atoms with Gasteiger partial charge in [0.2, 0.25) is 0 Å². The summed E-state index contributed by atoms with van der Waals surface area (Å²) in [6, 6.07) is 72.9. The summed E-state index contributed by atoms with van der Waals surface area (Å²) in [6.45, 7) is 2.38. The molecule has 1 aromatic heterocycles. The Morgan fingerprint density at radius 1 is 0.404 bits per heavy atom. The van der Waals surface area contributed by atoms with Crippen molar-refractivity contribution in [3.63, 3.8) is 0 Å². The molecule has 0 atom stereocenters. The Labute approximate surface area is 304 Å². The Morgan fingerprint density at radius 2 is 0.904 bits per heavy atom. The van der Waals surface area contributed by atoms with Crippen LogP contribution in [0.1, 0.15) is 23.6 Å². The molecule has 0 aliphatic heterocycles. The third kappa shape index (κ3) is 4.65. The number of aromatic nitrogens is 1. The van der Waals surface area contributed by atoms with E-state index < -0.39 is 0 Å². The van der Waals surface area contributed by atoms with Crippen LogP contribution in [0.5, 0.6) is 0 Å². The molecule has 10 rings (SSSR count). The van der Waals surface area contributed by atoms with E-state index in [1.54, 1.807) is 0 Å². The monoisotopic (exact) mass is 664 g/mol. The van der Waals surface area contributed by atoms with Gasteiger partial charge in [-0.1, -0.05) is 140 Å². The van der Waals surface area contributed by atoms with E-state index in [0.29, 0.717) is 0 Å². The summed E-state index contributed by atoms with van der Waals surface area (Å²) in [5.74, 6) is 0. The standard InChI is InChI=1S/C50H36N2/c1-50(46-21-11-8-18-42(46)43-19-9-12-22-47(43)50)37-26-30-40(31-27-37)51(39-28-24-36(25-29-39)35-14-4-2-5-15-35)41-32-33-49-45(34-41)44-20-10-13-23-48(44)52(49)38-16-6-3-7-17-38/h2-34H,1H3. The largest absolute Gasteiger partial charge is 0.310 e. The number of nitrogens with zero attached hydrogens (tertiary/aromatic N) is 2. The number of hydrogen-bond acceptors (Lipinski definition) is 1. The highest BCUT2D eigenvalue weighted by Gasteiger charge is 2.40. The van der Waals surface area contributed by atoms with E-state index in [1.165, 1.54) is 60.8 Å². The number of rotatable bonds is 6. The predicted octanol–water partition coefficient (Wildman–Crippen LogP) is 13.3. The summed E-state index contributed by atoms with van der Waals surface area (Å²) in [5, 5.41) is 2.47. The number of anilines is 3. The molecule has 0 fully saturated rings. The third-order valence-electron chi connectivity index (χ3n) is 11.1. The van der Waals surface area contributed by atoms with E-state index in [4.69, 9.17) is 0 Å². The second-order valence-electron chi connectivity index (χ2n) is 13.9. The smallest absolute Gasteiger partial charge is 0.0542 e. The molecule has 0 N–H and O–H groups in total. The van der Waals surface area contributed by atoms with Crippen molar-refractivity contribution in [2.24, 2.45) is 0 Å². The normalized spacial score (nSPS) is 12.9. The zero-order valence-electron chi connectivity index (χ0n) is 28.9. The minimum atomic E-state index is -0.244. The van der Waals surface area contributed by atoms with Gasteiger partial charge in [-0.25, -0.2) is 0 Å². The van der Waals surface area contributed by atoms with Gasteiger partial charge in [0, 0.05) is 38.9 Å². The lowest BCUT2D eigenvalue weighted by Crippen LogP contribution is -2.22. The molecule has 8 aromatic carbocycles. The number of benzene rings is 8. The van der Waals surface area contributed by atoms with Crippen molar-refractivity contribution >= 4 is 38.9 Å². The van der Waals surface area contributed by atoms with Crippen LogP contribution in [-0.4, -0.2) is 4.57 Å². The van der Waals surface area contributed by atoms with Gasteiger partial charge in [0.15, 0.2) is 0 Å². The molecule has 1 aliphatic carbocycles. The molecule has 52 heavy (non-hydrogen) atoms. The van der Waals surface area contributed by atoms with Gasteiger partial charge in [-0.2, -0.15) is 0 Å². The molecule has 1 aliphatic rings. The second-order valence-corrected chi connectivity index (χ2v) is 13.9. The van der Waals surface area contributed by atoms with E-state index in [2.05, 4.69) is 217 Å². The van der Waals surface area contributed by atoms with Crippen LogP contribution in [0.2, 0.25) is 0 Å². The first-order chi connectivity index (χ1) is 25.7. The van der Waals surface area contributed by atoms with Crippen LogP contribution in [0.15, 0.2) is 200 Å². The average molecular weight is 665 g/mol. The second kappa shape index (κ2) is 12.0. The summed E-state index contributed by atoms with van der Waals surface area (Å²) >= 11 is 0. The minimum absolute atomic E-state index is 0.244. The highest BCUT2D eigenvalue weighted by atomic mass is 15.1. The number of para-hydroxylation sites is 2. The number of fused-ring (bicyclic) bond motifs is 6. The van der Waals surface area contributed by atoms with Crippen molar-refractivity contribution in [1.82, 2.24) is 4.57 Å². The quantitative estimate of drug-likeness (QED) is 0.172. The molecule has 246 valence electrons. The summed E-state index contributed by atoms with van der Waals surface area (Å²) in [5.41, 5.74) is 15.7. The summed E-state index contributed by atoms with van der Waals surface area (Å²) in [6.07, 6.45) is 0. The fourth-order valence-corrected chi connectivity index (χ4v) is 8.54. The highest BCUT2D eigenvalue weighted by Crippen LogP contribution is 2.52. The zero-order chi connectivity index (χ0) is 34.6. The van der Waals surface area contributed by atoms with Crippen molar-refractivity contribution in [2.45, 2.75) is 12.3 Å². The van der Waals surface area contributed by atoms with Gasteiger partial charge >= 0.3 is 0 Å². The van der Waals surface area contributed by atoms with Crippen LogP contribution in [0, 0.1) is 0 Å². The first-order valence-electron chi connectivity index (χ1n) is 18.0. The topological polar surface area (TPSA) is 8.17 Å². The van der Waals surface area contributed by atoms with Crippen molar-refractivity contribution in [1.29, 1.82) is 0 Å². The van der Waals surface area contributed by atoms with E-state index in [1.807, 2.05) is 0 Å². The Hall–Kier alpha value is -6.64. The van der Waals surface area contributed by atoms with Gasteiger partial charge in [-0.05, 0) is 107 Å². The molecular weight excluding hydrogens is 629 g/mol. The van der Waals surface area contributed by atoms with E-state index in [-0.39, 0.29) is 5.41 Å². The molecule has 1 heterocycles. The molecule has 0 saturated heterocycles.